The first-order chi connectivity index (χ1) is 9.02. The Kier molecular flexibility index (Phi) is 18.3. The van der Waals surface area contributed by atoms with Crippen LogP contribution in [0.2, 0.25) is 0 Å². The van der Waals surface area contributed by atoms with E-state index in [1.54, 1.807) is 0 Å². The van der Waals surface area contributed by atoms with Gasteiger partial charge in [-0.3, -0.25) is 0 Å². The summed E-state index contributed by atoms with van der Waals surface area (Å²) in [5.41, 5.74) is 0. The second-order valence-electron chi connectivity index (χ2n) is 5.24. The van der Waals surface area contributed by atoms with Crippen LogP contribution in [0.5, 0.6) is 0 Å². The minimum Gasteiger partial charge on any atom is -0.748 e. The van der Waals surface area contributed by atoms with Gasteiger partial charge in [-0.15, -0.1) is 0 Å². The van der Waals surface area contributed by atoms with E-state index in [0.717, 1.165) is 19.3 Å². The van der Waals surface area contributed by atoms with Gasteiger partial charge in [0.15, 0.2) is 0 Å². The molecule has 0 aliphatic carbocycles. The number of rotatable bonds is 13. The van der Waals surface area contributed by atoms with Gasteiger partial charge in [0.2, 0.25) is 0 Å². The topological polar surface area (TPSA) is 77.4 Å². The predicted octanol–water partition coefficient (Wildman–Crippen LogP) is 0.208. The molecule has 1 atom stereocenters. The van der Waals surface area contributed by atoms with Crippen LogP contribution in [-0.2, 0) is 10.1 Å². The fourth-order valence-electron chi connectivity index (χ4n) is 2.26. The van der Waals surface area contributed by atoms with Gasteiger partial charge < -0.3 is 9.66 Å². The molecule has 0 aliphatic rings. The van der Waals surface area contributed by atoms with Crippen LogP contribution in [0.25, 0.3) is 0 Å². The molecule has 0 bridgehead atoms. The molecule has 0 heterocycles. The molecule has 6 heteroatoms. The van der Waals surface area contributed by atoms with Crippen molar-refractivity contribution in [2.24, 2.45) is 0 Å². The van der Waals surface area contributed by atoms with Crippen molar-refractivity contribution in [3.8, 4) is 0 Å². The molecule has 0 fully saturated rings. The van der Waals surface area contributed by atoms with E-state index in [2.05, 4.69) is 6.92 Å². The van der Waals surface area contributed by atoms with Crippen molar-refractivity contribution in [2.75, 3.05) is 6.61 Å². The zero-order valence-corrected chi connectivity index (χ0v) is 17.1. The second-order valence-corrected chi connectivity index (χ2v) is 6.90. The number of unbranched alkanes of at least 4 members (excludes halogenated alkanes) is 7. The van der Waals surface area contributed by atoms with E-state index < -0.39 is 15.4 Å². The minimum atomic E-state index is -4.20. The van der Waals surface area contributed by atoms with Crippen LogP contribution in [0.15, 0.2) is 0 Å². The fraction of sp³-hybridized carbons (Fsp3) is 1.00. The van der Waals surface area contributed by atoms with E-state index in [-0.39, 0.29) is 58.0 Å². The summed E-state index contributed by atoms with van der Waals surface area (Å²) in [6.45, 7) is 2.14. The molecule has 4 nitrogen and oxygen atoms in total. The van der Waals surface area contributed by atoms with Crippen molar-refractivity contribution in [1.29, 1.82) is 0 Å². The molecule has 0 saturated heterocycles. The van der Waals surface area contributed by atoms with Crippen LogP contribution in [0.4, 0.5) is 0 Å². The summed E-state index contributed by atoms with van der Waals surface area (Å²) in [4.78, 5) is 0. The molecule has 0 spiro atoms. The summed E-state index contributed by atoms with van der Waals surface area (Å²) < 4.78 is 33.1. The molecule has 0 aromatic carbocycles. The summed E-state index contributed by atoms with van der Waals surface area (Å²) in [5.74, 6) is 0. The Hall–Kier alpha value is 1.51. The van der Waals surface area contributed by atoms with Gasteiger partial charge in [0.25, 0.3) is 0 Å². The summed E-state index contributed by atoms with van der Waals surface area (Å²) in [6.07, 6.45) is 10.3. The standard InChI is InChI=1S/C14H30O4S.K/c1-2-3-4-5-6-7-8-9-11-14(12-10-13-15)19(16,17)18;/h14-15H,2-13H2,1H3,(H,16,17,18);/q;+1/p-1. The minimum absolute atomic E-state index is 0. The second kappa shape index (κ2) is 15.4. The Morgan fingerprint density at radius 1 is 0.900 bits per heavy atom. The molecule has 0 aromatic rings. The monoisotopic (exact) mass is 332 g/mol. The molecule has 116 valence electrons. The Balaban J connectivity index is 0. The van der Waals surface area contributed by atoms with Crippen molar-refractivity contribution >= 4 is 10.1 Å². The molecular weight excluding hydrogens is 303 g/mol. The molecule has 0 aliphatic heterocycles. The van der Waals surface area contributed by atoms with Crippen molar-refractivity contribution < 1.29 is 69.5 Å². The zero-order valence-electron chi connectivity index (χ0n) is 13.1. The zero-order chi connectivity index (χ0) is 14.6. The first-order valence-electron chi connectivity index (χ1n) is 7.58. The molecule has 1 N–H and O–H groups in total. The van der Waals surface area contributed by atoms with Gasteiger partial charge in [-0.25, -0.2) is 8.42 Å². The van der Waals surface area contributed by atoms with E-state index in [1.165, 1.54) is 32.1 Å². The van der Waals surface area contributed by atoms with E-state index in [0.29, 0.717) is 19.3 Å². The molecule has 20 heavy (non-hydrogen) atoms. The van der Waals surface area contributed by atoms with E-state index in [1.807, 2.05) is 0 Å². The van der Waals surface area contributed by atoms with Gasteiger partial charge in [0.05, 0.1) is 10.1 Å². The first kappa shape index (κ1) is 23.8. The Morgan fingerprint density at radius 3 is 1.80 bits per heavy atom. The summed E-state index contributed by atoms with van der Waals surface area (Å²) in [5, 5.41) is 7.89. The number of aliphatic hydroxyl groups is 1. The Labute approximate surface area is 167 Å². The fourth-order valence-corrected chi connectivity index (χ4v) is 3.17. The SMILES string of the molecule is CCCCCCCCCCC(CCCO)S(=O)(=O)[O-].[K+]. The maximum Gasteiger partial charge on any atom is 1.00 e. The van der Waals surface area contributed by atoms with E-state index in [9.17, 15) is 13.0 Å². The van der Waals surface area contributed by atoms with Crippen LogP contribution in [-0.4, -0.2) is 29.9 Å². The molecular formula is C14H29KO4S. The number of hydrogen-bond donors (Lipinski definition) is 1. The van der Waals surface area contributed by atoms with Gasteiger partial charge in [0, 0.05) is 11.9 Å². The predicted molar refractivity (Wildman–Crippen MR) is 77.0 cm³/mol. The Morgan fingerprint density at radius 2 is 1.35 bits per heavy atom. The molecule has 0 amide bonds. The third-order valence-electron chi connectivity index (χ3n) is 3.47. The largest absolute Gasteiger partial charge is 1.00 e. The normalized spacial score (nSPS) is 12.9. The van der Waals surface area contributed by atoms with Gasteiger partial charge >= 0.3 is 51.4 Å². The Bertz CT molecular complexity index is 294. The number of hydrogen-bond acceptors (Lipinski definition) is 4. The molecule has 0 radical (unpaired) electrons. The van der Waals surface area contributed by atoms with Gasteiger partial charge in [0.1, 0.15) is 0 Å². The molecule has 0 saturated carbocycles. The van der Waals surface area contributed by atoms with Crippen LogP contribution in [0.3, 0.4) is 0 Å². The van der Waals surface area contributed by atoms with Crippen molar-refractivity contribution in [2.45, 2.75) is 82.8 Å². The summed E-state index contributed by atoms with van der Waals surface area (Å²) in [7, 11) is -4.20. The maximum absolute atomic E-state index is 11.0. The summed E-state index contributed by atoms with van der Waals surface area (Å²) in [6, 6.07) is 0. The van der Waals surface area contributed by atoms with Crippen LogP contribution in [0.1, 0.15) is 77.6 Å². The van der Waals surface area contributed by atoms with Gasteiger partial charge in [-0.2, -0.15) is 0 Å². The third kappa shape index (κ3) is 14.4. The average Bonchev–Trinajstić information content (AvgIpc) is 2.34. The maximum atomic E-state index is 11.0. The smallest absolute Gasteiger partial charge is 0.748 e. The van der Waals surface area contributed by atoms with Crippen molar-refractivity contribution in [1.82, 2.24) is 0 Å². The van der Waals surface area contributed by atoms with E-state index >= 15 is 0 Å². The molecule has 0 aromatic heterocycles. The molecule has 0 rings (SSSR count). The van der Waals surface area contributed by atoms with E-state index in [4.69, 9.17) is 5.11 Å². The van der Waals surface area contributed by atoms with Crippen molar-refractivity contribution in [3.63, 3.8) is 0 Å². The van der Waals surface area contributed by atoms with Gasteiger partial charge in [-0.05, 0) is 19.3 Å². The third-order valence-corrected chi connectivity index (χ3v) is 4.76. The van der Waals surface area contributed by atoms with Gasteiger partial charge in [-0.1, -0.05) is 58.3 Å². The number of aliphatic hydroxyl groups excluding tert-OH is 1. The van der Waals surface area contributed by atoms with Crippen molar-refractivity contribution in [3.05, 3.63) is 0 Å². The average molecular weight is 333 g/mol. The quantitative estimate of drug-likeness (QED) is 0.297. The van der Waals surface area contributed by atoms with Crippen LogP contribution < -0.4 is 51.4 Å². The summed E-state index contributed by atoms with van der Waals surface area (Å²) >= 11 is 0. The first-order valence-corrected chi connectivity index (χ1v) is 9.05. The van der Waals surface area contributed by atoms with Crippen LogP contribution in [0, 0.1) is 0 Å². The van der Waals surface area contributed by atoms with Crippen LogP contribution >= 0.6 is 0 Å². The molecule has 1 unspecified atom stereocenters.